The van der Waals surface area contributed by atoms with Crippen LogP contribution in [0.3, 0.4) is 0 Å². The van der Waals surface area contributed by atoms with Crippen LogP contribution in [0, 0.1) is 0 Å². The van der Waals surface area contributed by atoms with Gasteiger partial charge in [-0.05, 0) is 61.2 Å². The molecular formula is C20H22N2O6S. The maximum absolute atomic E-state index is 12.8. The van der Waals surface area contributed by atoms with Gasteiger partial charge in [0.15, 0.2) is 11.5 Å². The van der Waals surface area contributed by atoms with Crippen molar-refractivity contribution in [3.05, 3.63) is 28.7 Å². The number of aliphatic hydroxyl groups is 1. The first-order valence-electron chi connectivity index (χ1n) is 9.62. The molecule has 4 rings (SSSR count). The first kappa shape index (κ1) is 19.8. The third kappa shape index (κ3) is 4.11. The number of carbonyl (C=O) groups excluding carboxylic acids is 3. The van der Waals surface area contributed by atoms with Gasteiger partial charge >= 0.3 is 0 Å². The van der Waals surface area contributed by atoms with Gasteiger partial charge in [0.1, 0.15) is 6.54 Å². The second-order valence-corrected chi connectivity index (χ2v) is 8.12. The summed E-state index contributed by atoms with van der Waals surface area (Å²) in [6.45, 7) is 0.483. The predicted octanol–water partition coefficient (Wildman–Crippen LogP) is 2.22. The van der Waals surface area contributed by atoms with E-state index in [1.165, 1.54) is 0 Å². The van der Waals surface area contributed by atoms with E-state index in [1.807, 2.05) is 0 Å². The van der Waals surface area contributed by atoms with E-state index in [9.17, 15) is 19.5 Å². The standard InChI is InChI=1S/C20H22N2O6S/c23-8-6-14-3-1-2-7-21(14)18(24)11-22-19(25)17(29-20(22)26)10-13-4-5-15-16(9-13)28-12-27-15/h4-5,9-10,14,23H,1-3,6-8,11-12H2/b17-10-/t14-/m0/s1. The number of benzene rings is 1. The van der Waals surface area contributed by atoms with Crippen molar-refractivity contribution < 1.29 is 29.0 Å². The lowest BCUT2D eigenvalue weighted by molar-refractivity contribution is -0.139. The van der Waals surface area contributed by atoms with E-state index < -0.39 is 11.1 Å². The summed E-state index contributed by atoms with van der Waals surface area (Å²) in [4.78, 5) is 40.8. The minimum absolute atomic E-state index is 0.00823. The molecule has 3 aliphatic heterocycles. The van der Waals surface area contributed by atoms with Crippen LogP contribution in [-0.4, -0.2) is 64.5 Å². The van der Waals surface area contributed by atoms with Crippen LogP contribution in [0.2, 0.25) is 0 Å². The number of nitrogens with zero attached hydrogens (tertiary/aromatic N) is 2. The fourth-order valence-corrected chi connectivity index (χ4v) is 4.63. The zero-order chi connectivity index (χ0) is 20.4. The fraction of sp³-hybridized carbons (Fsp3) is 0.450. The van der Waals surface area contributed by atoms with E-state index in [0.717, 1.165) is 35.9 Å². The number of likely N-dealkylation sites (tertiary alicyclic amines) is 1. The maximum Gasteiger partial charge on any atom is 0.294 e. The molecule has 0 aromatic heterocycles. The van der Waals surface area contributed by atoms with Crippen molar-refractivity contribution >= 4 is 34.9 Å². The Morgan fingerprint density at radius 1 is 1.24 bits per heavy atom. The summed E-state index contributed by atoms with van der Waals surface area (Å²) >= 11 is 0.825. The summed E-state index contributed by atoms with van der Waals surface area (Å²) in [5.41, 5.74) is 0.713. The molecule has 0 saturated carbocycles. The molecule has 2 saturated heterocycles. The quantitative estimate of drug-likeness (QED) is 0.733. The molecule has 1 aromatic rings. The number of piperidine rings is 1. The smallest absolute Gasteiger partial charge is 0.294 e. The predicted molar refractivity (Wildman–Crippen MR) is 106 cm³/mol. The Labute approximate surface area is 172 Å². The number of hydrogen-bond donors (Lipinski definition) is 1. The Bertz CT molecular complexity index is 869. The van der Waals surface area contributed by atoms with Gasteiger partial charge in [0.2, 0.25) is 12.7 Å². The molecule has 1 atom stereocenters. The van der Waals surface area contributed by atoms with Crippen molar-refractivity contribution in [2.75, 3.05) is 26.5 Å². The summed E-state index contributed by atoms with van der Waals surface area (Å²) in [7, 11) is 0. The van der Waals surface area contributed by atoms with Gasteiger partial charge in [-0.15, -0.1) is 0 Å². The Morgan fingerprint density at radius 2 is 2.07 bits per heavy atom. The van der Waals surface area contributed by atoms with E-state index in [1.54, 1.807) is 29.2 Å². The van der Waals surface area contributed by atoms with Gasteiger partial charge in [-0.3, -0.25) is 19.3 Å². The molecule has 29 heavy (non-hydrogen) atoms. The van der Waals surface area contributed by atoms with Crippen LogP contribution >= 0.6 is 11.8 Å². The molecule has 154 valence electrons. The molecule has 3 heterocycles. The Morgan fingerprint density at radius 3 is 2.90 bits per heavy atom. The highest BCUT2D eigenvalue weighted by molar-refractivity contribution is 8.18. The number of imide groups is 1. The molecule has 0 radical (unpaired) electrons. The number of carbonyl (C=O) groups is 3. The number of amides is 3. The van der Waals surface area contributed by atoms with Crippen molar-refractivity contribution in [1.29, 1.82) is 0 Å². The molecule has 0 bridgehead atoms. The molecule has 9 heteroatoms. The highest BCUT2D eigenvalue weighted by Crippen LogP contribution is 2.36. The Kier molecular flexibility index (Phi) is 5.77. The van der Waals surface area contributed by atoms with E-state index >= 15 is 0 Å². The first-order chi connectivity index (χ1) is 14.1. The third-order valence-electron chi connectivity index (χ3n) is 5.27. The Hall–Kier alpha value is -2.52. The van der Waals surface area contributed by atoms with Crippen LogP contribution in [0.1, 0.15) is 31.2 Å². The maximum atomic E-state index is 12.8. The van der Waals surface area contributed by atoms with Gasteiger partial charge < -0.3 is 19.5 Å². The van der Waals surface area contributed by atoms with Crippen LogP contribution in [-0.2, 0) is 9.59 Å². The van der Waals surface area contributed by atoms with Crippen LogP contribution in [0.15, 0.2) is 23.1 Å². The largest absolute Gasteiger partial charge is 0.454 e. The van der Waals surface area contributed by atoms with Crippen molar-refractivity contribution in [1.82, 2.24) is 9.80 Å². The monoisotopic (exact) mass is 418 g/mol. The second-order valence-electron chi connectivity index (χ2n) is 7.13. The van der Waals surface area contributed by atoms with E-state index in [0.29, 0.717) is 30.0 Å². The molecule has 1 aromatic carbocycles. The number of fused-ring (bicyclic) bond motifs is 1. The topological polar surface area (TPSA) is 96.4 Å². The molecule has 0 aliphatic carbocycles. The molecule has 0 unspecified atom stereocenters. The molecule has 2 fully saturated rings. The number of ether oxygens (including phenoxy) is 2. The average molecular weight is 418 g/mol. The van der Waals surface area contributed by atoms with Crippen LogP contribution in [0.5, 0.6) is 11.5 Å². The second kappa shape index (κ2) is 8.46. The normalized spacial score (nSPS) is 22.7. The summed E-state index contributed by atoms with van der Waals surface area (Å²) < 4.78 is 10.6. The lowest BCUT2D eigenvalue weighted by Crippen LogP contribution is -2.49. The zero-order valence-electron chi connectivity index (χ0n) is 15.8. The summed E-state index contributed by atoms with van der Waals surface area (Å²) in [6.07, 6.45) is 4.86. The van der Waals surface area contributed by atoms with Crippen molar-refractivity contribution in [2.24, 2.45) is 0 Å². The minimum atomic E-state index is -0.471. The highest BCUT2D eigenvalue weighted by Gasteiger charge is 2.38. The fourth-order valence-electron chi connectivity index (χ4n) is 3.79. The lowest BCUT2D eigenvalue weighted by Gasteiger charge is -2.36. The third-order valence-corrected chi connectivity index (χ3v) is 6.18. The van der Waals surface area contributed by atoms with Gasteiger partial charge in [0.05, 0.1) is 4.91 Å². The number of thioether (sulfide) groups is 1. The van der Waals surface area contributed by atoms with Gasteiger partial charge in [0, 0.05) is 19.2 Å². The van der Waals surface area contributed by atoms with Gasteiger partial charge in [-0.2, -0.15) is 0 Å². The lowest BCUT2D eigenvalue weighted by atomic mass is 9.99. The Balaban J connectivity index is 1.46. The molecule has 3 amide bonds. The van der Waals surface area contributed by atoms with Gasteiger partial charge in [0.25, 0.3) is 11.1 Å². The minimum Gasteiger partial charge on any atom is -0.454 e. The van der Waals surface area contributed by atoms with Crippen LogP contribution < -0.4 is 9.47 Å². The van der Waals surface area contributed by atoms with Crippen molar-refractivity contribution in [3.63, 3.8) is 0 Å². The molecule has 8 nitrogen and oxygen atoms in total. The SMILES string of the molecule is O=C1S/C(=C\c2ccc3c(c2)OCO3)C(=O)N1CC(=O)N1CCCC[C@H]1CCO. The van der Waals surface area contributed by atoms with E-state index in [4.69, 9.17) is 9.47 Å². The van der Waals surface area contributed by atoms with Gasteiger partial charge in [-0.1, -0.05) is 6.07 Å². The number of hydrogen-bond acceptors (Lipinski definition) is 7. The van der Waals surface area contributed by atoms with Crippen molar-refractivity contribution in [3.8, 4) is 11.5 Å². The molecular weight excluding hydrogens is 396 g/mol. The van der Waals surface area contributed by atoms with Crippen LogP contribution in [0.25, 0.3) is 6.08 Å². The van der Waals surface area contributed by atoms with E-state index in [-0.39, 0.29) is 36.8 Å². The average Bonchev–Trinajstić information content (AvgIpc) is 3.28. The molecule has 3 aliphatic rings. The number of aliphatic hydroxyl groups excluding tert-OH is 1. The van der Waals surface area contributed by atoms with Crippen molar-refractivity contribution in [2.45, 2.75) is 31.7 Å². The molecule has 0 spiro atoms. The number of rotatable bonds is 5. The summed E-state index contributed by atoms with van der Waals surface area (Å²) in [5.74, 6) is 0.504. The zero-order valence-corrected chi connectivity index (χ0v) is 16.7. The summed E-state index contributed by atoms with van der Waals surface area (Å²) in [6, 6.07) is 5.24. The molecule has 1 N–H and O–H groups in total. The summed E-state index contributed by atoms with van der Waals surface area (Å²) in [5, 5.41) is 8.78. The van der Waals surface area contributed by atoms with E-state index in [2.05, 4.69) is 0 Å². The van der Waals surface area contributed by atoms with Gasteiger partial charge in [-0.25, -0.2) is 0 Å². The highest BCUT2D eigenvalue weighted by atomic mass is 32.2. The first-order valence-corrected chi connectivity index (χ1v) is 10.4. The van der Waals surface area contributed by atoms with Crippen LogP contribution in [0.4, 0.5) is 4.79 Å².